The molecule has 5 heteroatoms. The minimum atomic E-state index is -0.0421. The Hall–Kier alpha value is -2.06. The maximum atomic E-state index is 11.9. The van der Waals surface area contributed by atoms with Gasteiger partial charge in [-0.1, -0.05) is 0 Å². The lowest BCUT2D eigenvalue weighted by atomic mass is 10.2. The number of nitrogens with zero attached hydrogens (tertiary/aromatic N) is 2. The van der Waals surface area contributed by atoms with E-state index in [1.165, 1.54) is 0 Å². The highest BCUT2D eigenvalue weighted by atomic mass is 16.5. The average molecular weight is 260 g/mol. The van der Waals surface area contributed by atoms with Crippen LogP contribution in [0.2, 0.25) is 0 Å². The Labute approximate surface area is 112 Å². The Morgan fingerprint density at radius 1 is 1.53 bits per heavy atom. The van der Waals surface area contributed by atoms with Gasteiger partial charge in [0, 0.05) is 13.1 Å². The molecule has 2 rings (SSSR count). The van der Waals surface area contributed by atoms with E-state index in [-0.39, 0.29) is 18.6 Å². The summed E-state index contributed by atoms with van der Waals surface area (Å²) in [5.41, 5.74) is 0.570. The number of morpholine rings is 1. The Bertz CT molecular complexity index is 478. The van der Waals surface area contributed by atoms with Crippen molar-refractivity contribution in [2.24, 2.45) is 0 Å². The molecule has 0 saturated carbocycles. The first-order valence-corrected chi connectivity index (χ1v) is 6.21. The third-order valence-corrected chi connectivity index (χ3v) is 2.94. The van der Waals surface area contributed by atoms with Crippen LogP contribution in [0.3, 0.4) is 0 Å². The van der Waals surface area contributed by atoms with Crippen LogP contribution in [0, 0.1) is 11.3 Å². The van der Waals surface area contributed by atoms with Crippen LogP contribution in [0.15, 0.2) is 24.3 Å². The van der Waals surface area contributed by atoms with Crippen LogP contribution in [0.5, 0.6) is 5.75 Å². The van der Waals surface area contributed by atoms with Gasteiger partial charge >= 0.3 is 0 Å². The third-order valence-electron chi connectivity index (χ3n) is 2.94. The van der Waals surface area contributed by atoms with Crippen molar-refractivity contribution in [1.29, 1.82) is 5.26 Å². The number of ether oxygens (including phenoxy) is 2. The zero-order valence-corrected chi connectivity index (χ0v) is 10.8. The van der Waals surface area contributed by atoms with Gasteiger partial charge in [0.15, 0.2) is 6.61 Å². The van der Waals surface area contributed by atoms with Gasteiger partial charge in [0.1, 0.15) is 5.75 Å². The van der Waals surface area contributed by atoms with Crippen molar-refractivity contribution < 1.29 is 14.3 Å². The van der Waals surface area contributed by atoms with E-state index in [9.17, 15) is 4.79 Å². The lowest BCUT2D eigenvalue weighted by Gasteiger charge is -2.31. The first-order chi connectivity index (χ1) is 9.19. The van der Waals surface area contributed by atoms with Crippen molar-refractivity contribution in [2.45, 2.75) is 13.0 Å². The highest BCUT2D eigenvalue weighted by Gasteiger charge is 2.21. The van der Waals surface area contributed by atoms with Crippen molar-refractivity contribution in [1.82, 2.24) is 4.90 Å². The second-order valence-corrected chi connectivity index (χ2v) is 4.45. The lowest BCUT2D eigenvalue weighted by molar-refractivity contribution is -0.140. The molecule has 0 radical (unpaired) electrons. The molecule has 1 amide bonds. The molecule has 1 aliphatic rings. The molecule has 1 atom stereocenters. The van der Waals surface area contributed by atoms with Crippen LogP contribution in [0.25, 0.3) is 0 Å². The second-order valence-electron chi connectivity index (χ2n) is 4.45. The summed E-state index contributed by atoms with van der Waals surface area (Å²) in [6, 6.07) is 8.73. The number of benzene rings is 1. The van der Waals surface area contributed by atoms with Gasteiger partial charge in [-0.15, -0.1) is 0 Å². The highest BCUT2D eigenvalue weighted by Crippen LogP contribution is 2.12. The summed E-state index contributed by atoms with van der Waals surface area (Å²) in [6.45, 7) is 3.75. The number of carbonyl (C=O) groups is 1. The number of hydrogen-bond donors (Lipinski definition) is 0. The van der Waals surface area contributed by atoms with Crippen LogP contribution in [0.1, 0.15) is 12.5 Å². The van der Waals surface area contributed by atoms with Crippen molar-refractivity contribution in [3.8, 4) is 11.8 Å². The Morgan fingerprint density at radius 3 is 2.89 bits per heavy atom. The van der Waals surface area contributed by atoms with Crippen LogP contribution in [-0.4, -0.2) is 43.2 Å². The number of rotatable bonds is 3. The van der Waals surface area contributed by atoms with Gasteiger partial charge < -0.3 is 14.4 Å². The van der Waals surface area contributed by atoms with Crippen molar-refractivity contribution in [3.63, 3.8) is 0 Å². The number of carbonyl (C=O) groups excluding carboxylic acids is 1. The largest absolute Gasteiger partial charge is 0.484 e. The predicted molar refractivity (Wildman–Crippen MR) is 68.6 cm³/mol. The molecule has 19 heavy (non-hydrogen) atoms. The molecular formula is C14H16N2O3. The van der Waals surface area contributed by atoms with E-state index >= 15 is 0 Å². The van der Waals surface area contributed by atoms with Crippen LogP contribution < -0.4 is 4.74 Å². The molecule has 1 saturated heterocycles. The van der Waals surface area contributed by atoms with Gasteiger partial charge in [-0.2, -0.15) is 5.26 Å². The lowest BCUT2D eigenvalue weighted by Crippen LogP contribution is -2.46. The minimum absolute atomic E-state index is 0.0125. The fraction of sp³-hybridized carbons (Fsp3) is 0.429. The predicted octanol–water partition coefficient (Wildman–Crippen LogP) is 1.18. The summed E-state index contributed by atoms with van der Waals surface area (Å²) in [5.74, 6) is 0.549. The molecule has 0 N–H and O–H groups in total. The maximum absolute atomic E-state index is 11.9. The molecule has 1 aromatic carbocycles. The number of amides is 1. The minimum Gasteiger partial charge on any atom is -0.484 e. The molecule has 1 heterocycles. The fourth-order valence-electron chi connectivity index (χ4n) is 1.91. The van der Waals surface area contributed by atoms with E-state index in [1.54, 1.807) is 29.2 Å². The number of nitriles is 1. The zero-order valence-electron chi connectivity index (χ0n) is 10.8. The van der Waals surface area contributed by atoms with Gasteiger partial charge in [-0.05, 0) is 31.2 Å². The first kappa shape index (κ1) is 13.4. The second kappa shape index (κ2) is 6.21. The van der Waals surface area contributed by atoms with Gasteiger partial charge in [0.25, 0.3) is 5.91 Å². The molecule has 100 valence electrons. The van der Waals surface area contributed by atoms with Crippen LogP contribution >= 0.6 is 0 Å². The summed E-state index contributed by atoms with van der Waals surface area (Å²) >= 11 is 0. The van der Waals surface area contributed by atoms with E-state index in [0.29, 0.717) is 31.0 Å². The molecule has 0 spiro atoms. The smallest absolute Gasteiger partial charge is 0.260 e. The van der Waals surface area contributed by atoms with Crippen LogP contribution in [0.4, 0.5) is 0 Å². The first-order valence-electron chi connectivity index (χ1n) is 6.21. The molecule has 5 nitrogen and oxygen atoms in total. The summed E-state index contributed by atoms with van der Waals surface area (Å²) in [4.78, 5) is 13.7. The molecule has 1 fully saturated rings. The summed E-state index contributed by atoms with van der Waals surface area (Å²) in [6.07, 6.45) is 0.0765. The quantitative estimate of drug-likeness (QED) is 0.818. The monoisotopic (exact) mass is 260 g/mol. The van der Waals surface area contributed by atoms with E-state index in [1.807, 2.05) is 13.0 Å². The fourth-order valence-corrected chi connectivity index (χ4v) is 1.91. The van der Waals surface area contributed by atoms with E-state index < -0.39 is 0 Å². The van der Waals surface area contributed by atoms with Crippen LogP contribution in [-0.2, 0) is 9.53 Å². The summed E-state index contributed by atoms with van der Waals surface area (Å²) < 4.78 is 10.8. The average Bonchev–Trinajstić information content (AvgIpc) is 2.45. The van der Waals surface area contributed by atoms with E-state index in [2.05, 4.69) is 0 Å². The normalized spacial score (nSPS) is 18.7. The van der Waals surface area contributed by atoms with E-state index in [4.69, 9.17) is 14.7 Å². The van der Waals surface area contributed by atoms with Gasteiger partial charge in [-0.3, -0.25) is 4.79 Å². The molecule has 1 unspecified atom stereocenters. The Balaban J connectivity index is 1.84. The van der Waals surface area contributed by atoms with Crippen molar-refractivity contribution in [2.75, 3.05) is 26.3 Å². The summed E-state index contributed by atoms with van der Waals surface area (Å²) in [5, 5.41) is 8.68. The van der Waals surface area contributed by atoms with Gasteiger partial charge in [0.05, 0.1) is 24.3 Å². The third kappa shape index (κ3) is 3.70. The topological polar surface area (TPSA) is 62.6 Å². The Kier molecular flexibility index (Phi) is 4.37. The highest BCUT2D eigenvalue weighted by molar-refractivity contribution is 5.77. The molecule has 0 aliphatic carbocycles. The van der Waals surface area contributed by atoms with Gasteiger partial charge in [0.2, 0.25) is 0 Å². The molecule has 1 aliphatic heterocycles. The van der Waals surface area contributed by atoms with Crippen molar-refractivity contribution >= 4 is 5.91 Å². The van der Waals surface area contributed by atoms with Crippen molar-refractivity contribution in [3.05, 3.63) is 29.8 Å². The summed E-state index contributed by atoms with van der Waals surface area (Å²) in [7, 11) is 0. The zero-order chi connectivity index (χ0) is 13.7. The SMILES string of the molecule is CC1CN(C(=O)COc2ccc(C#N)cc2)CCO1. The molecular weight excluding hydrogens is 244 g/mol. The molecule has 0 aromatic heterocycles. The Morgan fingerprint density at radius 2 is 2.26 bits per heavy atom. The molecule has 1 aromatic rings. The maximum Gasteiger partial charge on any atom is 0.260 e. The van der Waals surface area contributed by atoms with Gasteiger partial charge in [-0.25, -0.2) is 0 Å². The number of hydrogen-bond acceptors (Lipinski definition) is 4. The van der Waals surface area contributed by atoms with E-state index in [0.717, 1.165) is 0 Å². The molecule has 0 bridgehead atoms. The standard InChI is InChI=1S/C14H16N2O3/c1-11-9-16(6-7-18-11)14(17)10-19-13-4-2-12(8-15)3-5-13/h2-5,11H,6-7,9-10H2,1H3.